The third-order valence-electron chi connectivity index (χ3n) is 5.81. The highest BCUT2D eigenvalue weighted by Crippen LogP contribution is 2.43. The number of ether oxygens (including phenoxy) is 2. The summed E-state index contributed by atoms with van der Waals surface area (Å²) in [6.07, 6.45) is 0.478. The van der Waals surface area contributed by atoms with E-state index in [-0.39, 0.29) is 17.2 Å². The molecule has 0 bridgehead atoms. The predicted octanol–water partition coefficient (Wildman–Crippen LogP) is 5.11. The fraction of sp³-hybridized carbons (Fsp3) is 0.320. The zero-order chi connectivity index (χ0) is 23.8. The molecular formula is C25H27N3O4S. The number of nitrogens with zero attached hydrogens (tertiary/aromatic N) is 2. The van der Waals surface area contributed by atoms with Crippen LogP contribution in [-0.4, -0.2) is 37.6 Å². The molecule has 0 saturated heterocycles. The molecular weight excluding hydrogens is 438 g/mol. The summed E-state index contributed by atoms with van der Waals surface area (Å²) in [5.74, 6) is 0.908. The van der Waals surface area contributed by atoms with Crippen LogP contribution in [0.4, 0.5) is 10.8 Å². The van der Waals surface area contributed by atoms with Gasteiger partial charge >= 0.3 is 0 Å². The Labute approximate surface area is 197 Å². The maximum Gasteiger partial charge on any atom is 0.257 e. The van der Waals surface area contributed by atoms with Gasteiger partial charge < -0.3 is 14.4 Å². The molecule has 2 amide bonds. The van der Waals surface area contributed by atoms with Crippen LogP contribution < -0.4 is 19.7 Å². The van der Waals surface area contributed by atoms with Crippen LogP contribution in [-0.2, 0) is 10.2 Å². The maximum atomic E-state index is 12.8. The van der Waals surface area contributed by atoms with Gasteiger partial charge in [-0.15, -0.1) is 11.3 Å². The number of hydrogen-bond donors (Lipinski definition) is 1. The van der Waals surface area contributed by atoms with E-state index >= 15 is 0 Å². The lowest BCUT2D eigenvalue weighted by atomic mass is 9.86. The van der Waals surface area contributed by atoms with E-state index in [2.05, 4.69) is 30.2 Å². The minimum atomic E-state index is -0.295. The molecule has 2 aromatic carbocycles. The summed E-state index contributed by atoms with van der Waals surface area (Å²) in [5, 5.41) is 5.27. The first-order chi connectivity index (χ1) is 15.7. The van der Waals surface area contributed by atoms with Gasteiger partial charge in [0.2, 0.25) is 5.91 Å². The first-order valence-electron chi connectivity index (χ1n) is 10.7. The average Bonchev–Trinajstić information content (AvgIpc) is 3.39. The number of nitrogens with one attached hydrogen (secondary N) is 1. The molecule has 4 rings (SSSR count). The van der Waals surface area contributed by atoms with Crippen LogP contribution >= 0.6 is 11.3 Å². The molecule has 172 valence electrons. The number of benzene rings is 2. The van der Waals surface area contributed by atoms with Gasteiger partial charge in [0.25, 0.3) is 5.91 Å². The second kappa shape index (κ2) is 8.86. The van der Waals surface area contributed by atoms with E-state index in [1.165, 1.54) is 11.3 Å². The molecule has 0 atom stereocenters. The van der Waals surface area contributed by atoms with Crippen molar-refractivity contribution < 1.29 is 19.1 Å². The Balaban J connectivity index is 1.57. The second-order valence-corrected chi connectivity index (χ2v) is 9.40. The molecule has 0 radical (unpaired) electrons. The Hall–Kier alpha value is -3.39. The van der Waals surface area contributed by atoms with Crippen LogP contribution in [0, 0.1) is 0 Å². The highest BCUT2D eigenvalue weighted by atomic mass is 32.1. The maximum absolute atomic E-state index is 12.8. The average molecular weight is 466 g/mol. The molecule has 0 spiro atoms. The molecule has 1 aliphatic heterocycles. The summed E-state index contributed by atoms with van der Waals surface area (Å²) in [7, 11) is 3.08. The molecule has 0 aliphatic carbocycles. The van der Waals surface area contributed by atoms with Crippen LogP contribution in [0.3, 0.4) is 0 Å². The Morgan fingerprint density at radius 1 is 1.12 bits per heavy atom. The van der Waals surface area contributed by atoms with Crippen LogP contribution in [0.5, 0.6) is 11.5 Å². The molecule has 3 aromatic rings. The number of rotatable bonds is 6. The van der Waals surface area contributed by atoms with Gasteiger partial charge in [0, 0.05) is 46.6 Å². The highest BCUT2D eigenvalue weighted by molar-refractivity contribution is 7.14. The Kier molecular flexibility index (Phi) is 6.12. The van der Waals surface area contributed by atoms with E-state index in [4.69, 9.17) is 9.47 Å². The minimum Gasteiger partial charge on any atom is -0.497 e. The molecule has 1 N–H and O–H groups in total. The molecule has 33 heavy (non-hydrogen) atoms. The molecule has 0 fully saturated rings. The lowest BCUT2D eigenvalue weighted by Gasteiger charge is -2.20. The fourth-order valence-electron chi connectivity index (χ4n) is 4.02. The number of methoxy groups -OCH3 is 2. The molecule has 7 nitrogen and oxygen atoms in total. The van der Waals surface area contributed by atoms with E-state index in [9.17, 15) is 9.59 Å². The molecule has 1 aromatic heterocycles. The van der Waals surface area contributed by atoms with Crippen LogP contribution in [0.1, 0.15) is 43.1 Å². The number of fused-ring (bicyclic) bond motifs is 1. The van der Waals surface area contributed by atoms with Crippen molar-refractivity contribution >= 4 is 34.0 Å². The van der Waals surface area contributed by atoms with Gasteiger partial charge in [-0.05, 0) is 29.8 Å². The summed E-state index contributed by atoms with van der Waals surface area (Å²) >= 11 is 1.36. The summed E-state index contributed by atoms with van der Waals surface area (Å²) in [5.41, 5.74) is 4.09. The van der Waals surface area contributed by atoms with E-state index < -0.39 is 0 Å². The number of hydrogen-bond acceptors (Lipinski definition) is 6. The zero-order valence-electron chi connectivity index (χ0n) is 19.4. The third kappa shape index (κ3) is 4.43. The summed E-state index contributed by atoms with van der Waals surface area (Å²) < 4.78 is 10.5. The van der Waals surface area contributed by atoms with Gasteiger partial charge in [-0.3, -0.25) is 14.9 Å². The number of aromatic nitrogens is 1. The smallest absolute Gasteiger partial charge is 0.257 e. The fourth-order valence-corrected chi connectivity index (χ4v) is 4.74. The summed E-state index contributed by atoms with van der Waals surface area (Å²) in [6, 6.07) is 11.1. The van der Waals surface area contributed by atoms with Crippen LogP contribution in [0.2, 0.25) is 0 Å². The van der Waals surface area contributed by atoms with E-state index in [1.54, 1.807) is 32.4 Å². The Morgan fingerprint density at radius 3 is 2.45 bits per heavy atom. The second-order valence-electron chi connectivity index (χ2n) is 8.54. The third-order valence-corrected chi connectivity index (χ3v) is 6.57. The highest BCUT2D eigenvalue weighted by Gasteiger charge is 2.37. The minimum absolute atomic E-state index is 0.127. The van der Waals surface area contributed by atoms with Crippen molar-refractivity contribution in [3.05, 3.63) is 52.9 Å². The number of carbonyl (C=O) groups excluding carboxylic acids is 2. The Bertz CT molecular complexity index is 1200. The monoisotopic (exact) mass is 465 g/mol. The molecule has 1 aliphatic rings. The van der Waals surface area contributed by atoms with Crippen molar-refractivity contribution in [1.29, 1.82) is 0 Å². The summed E-state index contributed by atoms with van der Waals surface area (Å²) in [4.78, 5) is 31.6. The molecule has 0 unspecified atom stereocenters. The van der Waals surface area contributed by atoms with Crippen molar-refractivity contribution in [2.45, 2.75) is 32.6 Å². The number of carbonyl (C=O) groups is 2. The van der Waals surface area contributed by atoms with Gasteiger partial charge in [-0.1, -0.05) is 26.8 Å². The summed E-state index contributed by atoms with van der Waals surface area (Å²) in [6.45, 7) is 6.84. The van der Waals surface area contributed by atoms with Crippen molar-refractivity contribution in [3.8, 4) is 22.8 Å². The van der Waals surface area contributed by atoms with E-state index in [0.29, 0.717) is 35.2 Å². The van der Waals surface area contributed by atoms with Gasteiger partial charge in [-0.2, -0.15) is 0 Å². The van der Waals surface area contributed by atoms with Crippen molar-refractivity contribution in [2.75, 3.05) is 31.0 Å². The number of amides is 2. The lowest BCUT2D eigenvalue weighted by molar-refractivity contribution is -0.118. The SMILES string of the molecule is CCC(=O)N1CC(C)(C)c2cc(-c3csc(NC(=O)c4cc(OC)cc(OC)c4)n3)ccc21. The number of anilines is 2. The largest absolute Gasteiger partial charge is 0.497 e. The standard InChI is InChI=1S/C25H27N3O4S/c1-6-22(29)28-14-25(2,3)19-11-15(7-8-21(19)28)20-13-33-24(26-20)27-23(30)16-9-17(31-4)12-18(10-16)32-5/h7-13H,6,14H2,1-5H3,(H,26,27,30). The van der Waals surface area contributed by atoms with E-state index in [0.717, 1.165) is 22.5 Å². The first-order valence-corrected chi connectivity index (χ1v) is 11.6. The van der Waals surface area contributed by atoms with Crippen molar-refractivity contribution in [3.63, 3.8) is 0 Å². The Morgan fingerprint density at radius 2 is 1.82 bits per heavy atom. The predicted molar refractivity (Wildman–Crippen MR) is 131 cm³/mol. The van der Waals surface area contributed by atoms with Gasteiger partial charge in [-0.25, -0.2) is 4.98 Å². The first kappa shape index (κ1) is 22.8. The molecule has 0 saturated carbocycles. The van der Waals surface area contributed by atoms with Crippen molar-refractivity contribution in [2.24, 2.45) is 0 Å². The zero-order valence-corrected chi connectivity index (χ0v) is 20.2. The van der Waals surface area contributed by atoms with Crippen molar-refractivity contribution in [1.82, 2.24) is 4.98 Å². The van der Waals surface area contributed by atoms with Gasteiger partial charge in [0.15, 0.2) is 5.13 Å². The topological polar surface area (TPSA) is 80.8 Å². The van der Waals surface area contributed by atoms with E-state index in [1.807, 2.05) is 29.3 Å². The van der Waals surface area contributed by atoms with Gasteiger partial charge in [0.05, 0.1) is 19.9 Å². The molecule has 8 heteroatoms. The normalized spacial score (nSPS) is 14.0. The quantitative estimate of drug-likeness (QED) is 0.547. The van der Waals surface area contributed by atoms with Gasteiger partial charge in [0.1, 0.15) is 11.5 Å². The molecule has 2 heterocycles. The van der Waals surface area contributed by atoms with Crippen LogP contribution in [0.25, 0.3) is 11.3 Å². The van der Waals surface area contributed by atoms with Crippen LogP contribution in [0.15, 0.2) is 41.8 Å². The lowest BCUT2D eigenvalue weighted by Crippen LogP contribution is -2.33. The number of thiazole rings is 1.